The van der Waals surface area contributed by atoms with Crippen LogP contribution >= 0.6 is 11.6 Å². The number of carbonyl (C=O) groups is 2. The maximum Gasteiger partial charge on any atom is 0.417 e. The summed E-state index contributed by atoms with van der Waals surface area (Å²) in [7, 11) is 1.32. The van der Waals surface area contributed by atoms with Crippen molar-refractivity contribution in [2.75, 3.05) is 12.0 Å². The van der Waals surface area contributed by atoms with Crippen LogP contribution in [0.3, 0.4) is 0 Å². The Morgan fingerprint density at radius 2 is 1.78 bits per heavy atom. The van der Waals surface area contributed by atoms with Crippen LogP contribution in [0.4, 0.5) is 10.7 Å². The van der Waals surface area contributed by atoms with E-state index < -0.39 is 17.7 Å². The van der Waals surface area contributed by atoms with Crippen LogP contribution in [-0.2, 0) is 16.0 Å². The van der Waals surface area contributed by atoms with Gasteiger partial charge in [0, 0.05) is 10.6 Å². The van der Waals surface area contributed by atoms with Gasteiger partial charge in [0.2, 0.25) is 5.95 Å². The second kappa shape index (κ2) is 10.0. The minimum Gasteiger partial charge on any atom is -0.465 e. The molecular formula is C28H28ClN3O4. The second-order valence-corrected chi connectivity index (χ2v) is 9.91. The number of imidazole rings is 1. The number of aryl methyl sites for hydroxylation is 1. The van der Waals surface area contributed by atoms with E-state index in [1.54, 1.807) is 26.8 Å². The van der Waals surface area contributed by atoms with Crippen LogP contribution in [0.25, 0.3) is 22.2 Å². The molecule has 4 aromatic rings. The first-order valence-electron chi connectivity index (χ1n) is 11.5. The summed E-state index contributed by atoms with van der Waals surface area (Å²) in [6, 6.07) is 18.8. The molecule has 36 heavy (non-hydrogen) atoms. The lowest BCUT2D eigenvalue weighted by atomic mass is 10.0. The molecule has 0 unspecified atom stereocenters. The highest BCUT2D eigenvalue weighted by Gasteiger charge is 2.27. The van der Waals surface area contributed by atoms with Crippen molar-refractivity contribution in [2.24, 2.45) is 0 Å². The molecule has 4 rings (SSSR count). The molecule has 8 heteroatoms. The average molecular weight is 506 g/mol. The highest BCUT2D eigenvalue weighted by atomic mass is 35.5. The predicted octanol–water partition coefficient (Wildman–Crippen LogP) is 6.92. The van der Waals surface area contributed by atoms with Crippen molar-refractivity contribution in [1.29, 1.82) is 0 Å². The number of halogens is 1. The van der Waals surface area contributed by atoms with Gasteiger partial charge in [0.15, 0.2) is 0 Å². The lowest BCUT2D eigenvalue weighted by Crippen LogP contribution is -2.37. The zero-order chi connectivity index (χ0) is 26.0. The first-order valence-corrected chi connectivity index (χ1v) is 11.9. The Labute approximate surface area is 215 Å². The van der Waals surface area contributed by atoms with Crippen molar-refractivity contribution in [1.82, 2.24) is 9.97 Å². The molecule has 0 bridgehead atoms. The third-order valence-electron chi connectivity index (χ3n) is 5.47. The summed E-state index contributed by atoms with van der Waals surface area (Å²) in [6.45, 7) is 7.59. The molecule has 0 aliphatic rings. The summed E-state index contributed by atoms with van der Waals surface area (Å²) in [5.41, 5.74) is 3.89. The maximum absolute atomic E-state index is 13.2. The van der Waals surface area contributed by atoms with Gasteiger partial charge in [-0.2, -0.15) is 0 Å². The number of rotatable bonds is 5. The van der Waals surface area contributed by atoms with Crippen molar-refractivity contribution in [3.05, 3.63) is 82.4 Å². The average Bonchev–Trinajstić information content (AvgIpc) is 3.24. The van der Waals surface area contributed by atoms with E-state index in [-0.39, 0.29) is 18.1 Å². The van der Waals surface area contributed by atoms with Gasteiger partial charge in [0.05, 0.1) is 24.7 Å². The number of nitrogens with zero attached hydrogens (tertiary/aromatic N) is 2. The fourth-order valence-electron chi connectivity index (χ4n) is 3.82. The number of esters is 1. The lowest BCUT2D eigenvalue weighted by molar-refractivity contribution is 0.0573. The van der Waals surface area contributed by atoms with E-state index in [0.29, 0.717) is 16.1 Å². The molecule has 0 fully saturated rings. The van der Waals surface area contributed by atoms with E-state index in [4.69, 9.17) is 21.1 Å². The van der Waals surface area contributed by atoms with Gasteiger partial charge in [-0.3, -0.25) is 0 Å². The van der Waals surface area contributed by atoms with Crippen molar-refractivity contribution in [3.8, 4) is 11.1 Å². The Morgan fingerprint density at radius 1 is 1.06 bits per heavy atom. The van der Waals surface area contributed by atoms with Crippen molar-refractivity contribution in [3.63, 3.8) is 0 Å². The summed E-state index contributed by atoms with van der Waals surface area (Å²) in [5.74, 6) is -0.296. The Morgan fingerprint density at radius 3 is 2.42 bits per heavy atom. The number of hydrogen-bond donors (Lipinski definition) is 1. The van der Waals surface area contributed by atoms with Gasteiger partial charge in [0.1, 0.15) is 11.1 Å². The molecule has 1 amide bonds. The third kappa shape index (κ3) is 5.52. The molecule has 0 aliphatic heterocycles. The van der Waals surface area contributed by atoms with Crippen molar-refractivity contribution >= 4 is 40.6 Å². The number of hydrogen-bond acceptors (Lipinski definition) is 5. The number of benzene rings is 3. The number of ether oxygens (including phenoxy) is 2. The molecule has 1 aromatic heterocycles. The first-order chi connectivity index (χ1) is 17.1. The number of fused-ring (bicyclic) bond motifs is 1. The number of aromatic nitrogens is 2. The van der Waals surface area contributed by atoms with Crippen LogP contribution in [0.1, 0.15) is 42.3 Å². The number of methoxy groups -OCH3 is 1. The molecule has 0 radical (unpaired) electrons. The smallest absolute Gasteiger partial charge is 0.417 e. The van der Waals surface area contributed by atoms with Gasteiger partial charge in [-0.25, -0.2) is 19.5 Å². The minimum atomic E-state index is -0.704. The molecule has 1 N–H and O–H groups in total. The fourth-order valence-corrected chi connectivity index (χ4v) is 4.16. The summed E-state index contributed by atoms with van der Waals surface area (Å²) in [6.07, 6.45) is -0.563. The molecule has 186 valence electrons. The van der Waals surface area contributed by atoms with Gasteiger partial charge in [-0.1, -0.05) is 54.1 Å². The fraction of sp³-hybridized carbons (Fsp3) is 0.250. The summed E-state index contributed by atoms with van der Waals surface area (Å²) >= 11 is 6.52. The van der Waals surface area contributed by atoms with E-state index in [1.807, 2.05) is 61.5 Å². The number of amides is 1. The highest BCUT2D eigenvalue weighted by molar-refractivity contribution is 6.33. The van der Waals surface area contributed by atoms with Gasteiger partial charge < -0.3 is 14.5 Å². The monoisotopic (exact) mass is 505 g/mol. The standard InChI is InChI=1S/C28H28ClN3O4/c1-17-11-12-20(22(29)13-17)19-14-21(25(33)35-5)24-23(15-19)30-26(31-24)32(27(34)36-28(2,3)4)16-18-9-7-6-8-10-18/h6-15H,16H2,1-5H3,(H,30,31). The van der Waals surface area contributed by atoms with Crippen molar-refractivity contribution in [2.45, 2.75) is 39.8 Å². The SMILES string of the molecule is COC(=O)c1cc(-c2ccc(C)cc2Cl)cc2[nH]c(N(Cc3ccccc3)C(=O)OC(C)(C)C)nc12. The molecule has 7 nitrogen and oxygen atoms in total. The number of nitrogens with one attached hydrogen (secondary N) is 1. The lowest BCUT2D eigenvalue weighted by Gasteiger charge is -2.26. The normalized spacial score (nSPS) is 11.4. The largest absolute Gasteiger partial charge is 0.465 e. The second-order valence-electron chi connectivity index (χ2n) is 9.51. The third-order valence-corrected chi connectivity index (χ3v) is 5.78. The molecule has 1 heterocycles. The molecule has 0 spiro atoms. The van der Waals surface area contributed by atoms with E-state index in [9.17, 15) is 9.59 Å². The molecule has 3 aromatic carbocycles. The van der Waals surface area contributed by atoms with Crippen LogP contribution < -0.4 is 4.90 Å². The van der Waals surface area contributed by atoms with Crippen LogP contribution in [0, 0.1) is 6.92 Å². The molecule has 0 saturated carbocycles. The first kappa shape index (κ1) is 25.3. The molecular weight excluding hydrogens is 478 g/mol. The number of anilines is 1. The number of H-pyrrole nitrogens is 1. The Kier molecular flexibility index (Phi) is 7.04. The van der Waals surface area contributed by atoms with Crippen LogP contribution in [-0.4, -0.2) is 34.7 Å². The Bertz CT molecular complexity index is 1420. The molecule has 0 aliphatic carbocycles. The summed E-state index contributed by atoms with van der Waals surface area (Å²) < 4.78 is 10.7. The van der Waals surface area contributed by atoms with Crippen LogP contribution in [0.5, 0.6) is 0 Å². The molecule has 0 atom stereocenters. The van der Waals surface area contributed by atoms with Crippen LogP contribution in [0.2, 0.25) is 5.02 Å². The van der Waals surface area contributed by atoms with Gasteiger partial charge in [0.25, 0.3) is 0 Å². The van der Waals surface area contributed by atoms with Crippen molar-refractivity contribution < 1.29 is 19.1 Å². The zero-order valence-electron chi connectivity index (χ0n) is 20.9. The zero-order valence-corrected chi connectivity index (χ0v) is 21.6. The predicted molar refractivity (Wildman–Crippen MR) is 141 cm³/mol. The topological polar surface area (TPSA) is 84.5 Å². The maximum atomic E-state index is 13.2. The Balaban J connectivity index is 1.86. The summed E-state index contributed by atoms with van der Waals surface area (Å²) in [5, 5.41) is 0.560. The Hall–Kier alpha value is -3.84. The van der Waals surface area contributed by atoms with Gasteiger partial charge in [-0.15, -0.1) is 0 Å². The summed E-state index contributed by atoms with van der Waals surface area (Å²) in [4.78, 5) is 35.2. The van der Waals surface area contributed by atoms with E-state index in [1.165, 1.54) is 12.0 Å². The van der Waals surface area contributed by atoms with Crippen LogP contribution in [0.15, 0.2) is 60.7 Å². The minimum absolute atomic E-state index is 0.222. The quantitative estimate of drug-likeness (QED) is 0.297. The number of aromatic amines is 1. The van der Waals surface area contributed by atoms with E-state index in [0.717, 1.165) is 22.3 Å². The van der Waals surface area contributed by atoms with Gasteiger partial charge >= 0.3 is 12.1 Å². The van der Waals surface area contributed by atoms with E-state index >= 15 is 0 Å². The van der Waals surface area contributed by atoms with Gasteiger partial charge in [-0.05, 0) is 62.6 Å². The highest BCUT2D eigenvalue weighted by Crippen LogP contribution is 2.34. The number of carbonyl (C=O) groups excluding carboxylic acids is 2. The molecule has 0 saturated heterocycles. The van der Waals surface area contributed by atoms with E-state index in [2.05, 4.69) is 9.97 Å².